The number of fused-ring (bicyclic) bond motifs is 1. The van der Waals surface area contributed by atoms with Crippen molar-refractivity contribution in [3.05, 3.63) is 71.0 Å². The van der Waals surface area contributed by atoms with Crippen LogP contribution in [0.25, 0.3) is 0 Å². The van der Waals surface area contributed by atoms with Crippen LogP contribution in [0, 0.1) is 5.82 Å². The summed E-state index contributed by atoms with van der Waals surface area (Å²) in [5.41, 5.74) is 4.02. The van der Waals surface area contributed by atoms with Gasteiger partial charge in [0.1, 0.15) is 5.82 Å². The molecule has 120 valence electrons. The maximum atomic E-state index is 12.9. The topological polar surface area (TPSA) is 36.4 Å². The molecule has 0 bridgehead atoms. The molecular weight excluding hydrogens is 289 g/mol. The largest absolute Gasteiger partial charge is 0.356 e. The fraction of sp³-hybridized carbons (Fsp3) is 0.316. The molecule has 2 aromatic rings. The lowest BCUT2D eigenvalue weighted by atomic mass is 9.78. The van der Waals surface area contributed by atoms with Gasteiger partial charge in [0.2, 0.25) is 0 Å². The first kappa shape index (κ1) is 15.5. The molecular formula is C19H22FN3. The molecule has 0 aromatic heterocycles. The Hall–Kier alpha value is -2.36. The number of hydrogen-bond donors (Lipinski definition) is 2. The third-order valence-corrected chi connectivity index (χ3v) is 4.32. The monoisotopic (exact) mass is 311 g/mol. The molecule has 1 unspecified atom stereocenters. The molecule has 0 heterocycles. The maximum absolute atomic E-state index is 12.9. The predicted molar refractivity (Wildman–Crippen MR) is 92.4 cm³/mol. The Kier molecular flexibility index (Phi) is 4.91. The molecule has 0 spiro atoms. The first-order valence-corrected chi connectivity index (χ1v) is 8.03. The van der Waals surface area contributed by atoms with Gasteiger partial charge in [-0.15, -0.1) is 0 Å². The molecule has 4 heteroatoms. The third kappa shape index (κ3) is 3.89. The molecule has 1 atom stereocenters. The molecule has 0 amide bonds. The number of guanidine groups is 1. The molecule has 0 aliphatic heterocycles. The van der Waals surface area contributed by atoms with E-state index in [0.717, 1.165) is 37.5 Å². The first-order chi connectivity index (χ1) is 11.3. The zero-order chi connectivity index (χ0) is 16.1. The second kappa shape index (κ2) is 7.27. The Balaban J connectivity index is 1.42. The van der Waals surface area contributed by atoms with E-state index in [1.807, 2.05) is 12.1 Å². The highest BCUT2D eigenvalue weighted by Gasteiger charge is 2.25. The molecule has 0 radical (unpaired) electrons. The Morgan fingerprint density at radius 2 is 1.91 bits per heavy atom. The normalized spacial score (nSPS) is 16.4. The number of hydrogen-bond acceptors (Lipinski definition) is 1. The zero-order valence-corrected chi connectivity index (χ0v) is 13.3. The molecule has 1 aliphatic carbocycles. The van der Waals surface area contributed by atoms with E-state index in [4.69, 9.17) is 0 Å². The van der Waals surface area contributed by atoms with Crippen LogP contribution in [0.4, 0.5) is 4.39 Å². The molecule has 0 saturated heterocycles. The van der Waals surface area contributed by atoms with E-state index < -0.39 is 0 Å². The zero-order valence-electron chi connectivity index (χ0n) is 13.3. The number of nitrogens with one attached hydrogen (secondary N) is 2. The lowest BCUT2D eigenvalue weighted by Gasteiger charge is -2.30. The van der Waals surface area contributed by atoms with Crippen molar-refractivity contribution in [3.63, 3.8) is 0 Å². The van der Waals surface area contributed by atoms with Crippen LogP contribution < -0.4 is 10.6 Å². The van der Waals surface area contributed by atoms with Crippen LogP contribution in [0.2, 0.25) is 0 Å². The minimum atomic E-state index is -0.194. The van der Waals surface area contributed by atoms with Crippen LogP contribution in [0.1, 0.15) is 22.6 Å². The van der Waals surface area contributed by atoms with E-state index in [-0.39, 0.29) is 5.82 Å². The van der Waals surface area contributed by atoms with Crippen molar-refractivity contribution in [2.75, 3.05) is 20.1 Å². The van der Waals surface area contributed by atoms with Gasteiger partial charge in [-0.1, -0.05) is 36.4 Å². The lowest BCUT2D eigenvalue weighted by molar-refractivity contribution is 0.584. The van der Waals surface area contributed by atoms with Crippen molar-refractivity contribution in [2.45, 2.75) is 18.8 Å². The molecule has 0 saturated carbocycles. The van der Waals surface area contributed by atoms with Gasteiger partial charge in [0.25, 0.3) is 0 Å². The average molecular weight is 311 g/mol. The number of aliphatic imine (C=N–C) groups is 1. The van der Waals surface area contributed by atoms with E-state index in [9.17, 15) is 4.39 Å². The number of rotatable bonds is 5. The summed E-state index contributed by atoms with van der Waals surface area (Å²) >= 11 is 0. The van der Waals surface area contributed by atoms with Crippen LogP contribution in [0.3, 0.4) is 0 Å². The van der Waals surface area contributed by atoms with Gasteiger partial charge in [-0.2, -0.15) is 0 Å². The molecule has 2 aromatic carbocycles. The van der Waals surface area contributed by atoms with E-state index in [2.05, 4.69) is 39.9 Å². The number of halogens is 1. The fourth-order valence-electron chi connectivity index (χ4n) is 2.96. The highest BCUT2D eigenvalue weighted by atomic mass is 19.1. The van der Waals surface area contributed by atoms with Crippen LogP contribution in [-0.4, -0.2) is 26.1 Å². The van der Waals surface area contributed by atoms with Crippen LogP contribution in [-0.2, 0) is 12.8 Å². The lowest BCUT2D eigenvalue weighted by Crippen LogP contribution is -2.41. The van der Waals surface area contributed by atoms with Gasteiger partial charge >= 0.3 is 0 Å². The minimum Gasteiger partial charge on any atom is -0.356 e. The second-order valence-electron chi connectivity index (χ2n) is 5.86. The van der Waals surface area contributed by atoms with Gasteiger partial charge in [0.15, 0.2) is 5.96 Å². The summed E-state index contributed by atoms with van der Waals surface area (Å²) < 4.78 is 12.9. The number of nitrogens with zero attached hydrogens (tertiary/aromatic N) is 1. The van der Waals surface area contributed by atoms with Crippen molar-refractivity contribution < 1.29 is 4.39 Å². The summed E-state index contributed by atoms with van der Waals surface area (Å²) in [6.45, 7) is 1.67. The van der Waals surface area contributed by atoms with Crippen molar-refractivity contribution in [3.8, 4) is 0 Å². The van der Waals surface area contributed by atoms with Gasteiger partial charge in [0.05, 0.1) is 0 Å². The summed E-state index contributed by atoms with van der Waals surface area (Å²) in [6.07, 6.45) is 1.98. The second-order valence-corrected chi connectivity index (χ2v) is 5.86. The molecule has 1 aliphatic rings. The van der Waals surface area contributed by atoms with E-state index in [1.165, 1.54) is 23.3 Å². The third-order valence-electron chi connectivity index (χ3n) is 4.32. The van der Waals surface area contributed by atoms with Crippen molar-refractivity contribution >= 4 is 5.96 Å². The highest BCUT2D eigenvalue weighted by molar-refractivity contribution is 5.79. The standard InChI is InChI=1S/C19H22FN3/c1-21-19(22-11-10-14-6-8-17(20)9-7-14)23-13-16-12-15-4-2-3-5-18(15)16/h2-9,16H,10-13H2,1H3,(H2,21,22,23). The summed E-state index contributed by atoms with van der Waals surface area (Å²) in [5, 5.41) is 6.69. The van der Waals surface area contributed by atoms with Gasteiger partial charge in [-0.05, 0) is 41.7 Å². The molecule has 3 rings (SSSR count). The van der Waals surface area contributed by atoms with E-state index in [0.29, 0.717) is 5.92 Å². The van der Waals surface area contributed by atoms with Crippen molar-refractivity contribution in [2.24, 2.45) is 4.99 Å². The Labute approximate surface area is 136 Å². The van der Waals surface area contributed by atoms with Gasteiger partial charge in [-0.3, -0.25) is 4.99 Å². The maximum Gasteiger partial charge on any atom is 0.191 e. The highest BCUT2D eigenvalue weighted by Crippen LogP contribution is 2.33. The summed E-state index contributed by atoms with van der Waals surface area (Å²) in [4.78, 5) is 4.25. The Morgan fingerprint density at radius 3 is 2.65 bits per heavy atom. The minimum absolute atomic E-state index is 0.194. The quantitative estimate of drug-likeness (QED) is 0.658. The smallest absolute Gasteiger partial charge is 0.191 e. The van der Waals surface area contributed by atoms with Crippen LogP contribution in [0.5, 0.6) is 0 Å². The van der Waals surface area contributed by atoms with Crippen molar-refractivity contribution in [1.82, 2.24) is 10.6 Å². The van der Waals surface area contributed by atoms with Crippen molar-refractivity contribution in [1.29, 1.82) is 0 Å². The SMILES string of the molecule is CN=C(NCCc1ccc(F)cc1)NCC1Cc2ccccc21. The summed E-state index contributed by atoms with van der Waals surface area (Å²) in [7, 11) is 1.78. The van der Waals surface area contributed by atoms with Gasteiger partial charge < -0.3 is 10.6 Å². The van der Waals surface area contributed by atoms with Gasteiger partial charge in [-0.25, -0.2) is 4.39 Å². The summed E-state index contributed by atoms with van der Waals surface area (Å²) in [5.74, 6) is 1.19. The predicted octanol–water partition coefficient (Wildman–Crippen LogP) is 2.87. The Morgan fingerprint density at radius 1 is 1.13 bits per heavy atom. The summed E-state index contributed by atoms with van der Waals surface area (Å²) in [6, 6.07) is 15.2. The molecule has 2 N–H and O–H groups in total. The van der Waals surface area contributed by atoms with E-state index in [1.54, 1.807) is 7.05 Å². The number of benzene rings is 2. The Bertz CT molecular complexity index is 679. The average Bonchev–Trinajstić information content (AvgIpc) is 2.56. The van der Waals surface area contributed by atoms with E-state index >= 15 is 0 Å². The van der Waals surface area contributed by atoms with Crippen LogP contribution in [0.15, 0.2) is 53.5 Å². The van der Waals surface area contributed by atoms with Gasteiger partial charge in [0, 0.05) is 26.1 Å². The van der Waals surface area contributed by atoms with Crippen LogP contribution >= 0.6 is 0 Å². The molecule has 23 heavy (non-hydrogen) atoms. The first-order valence-electron chi connectivity index (χ1n) is 8.03. The molecule has 3 nitrogen and oxygen atoms in total. The fourth-order valence-corrected chi connectivity index (χ4v) is 2.96. The molecule has 0 fully saturated rings.